The number of alkyl halides is 1. The van der Waals surface area contributed by atoms with Crippen molar-refractivity contribution in [2.24, 2.45) is 0 Å². The quantitative estimate of drug-likeness (QED) is 0.748. The average Bonchev–Trinajstić information content (AvgIpc) is 2.91. The van der Waals surface area contributed by atoms with Gasteiger partial charge in [0.05, 0.1) is 12.5 Å². The molecule has 0 saturated carbocycles. The lowest BCUT2D eigenvalue weighted by molar-refractivity contribution is 0.563. The van der Waals surface area contributed by atoms with Crippen molar-refractivity contribution in [3.05, 3.63) is 47.5 Å². The monoisotopic (exact) mass is 278 g/mol. The third kappa shape index (κ3) is 3.74. The fraction of sp³-hybridized carbons (Fsp3) is 0.400. The molecule has 0 aliphatic carbocycles. The number of anilines is 1. The summed E-state index contributed by atoms with van der Waals surface area (Å²) in [4.78, 5) is 6.80. The molecular formula is C15H19ClN2O. The Morgan fingerprint density at radius 3 is 2.79 bits per heavy atom. The number of aryl methyl sites for hydroxylation is 1. The molecule has 0 fully saturated rings. The van der Waals surface area contributed by atoms with Crippen molar-refractivity contribution in [3.63, 3.8) is 0 Å². The van der Waals surface area contributed by atoms with Gasteiger partial charge >= 0.3 is 0 Å². The Labute approximate surface area is 119 Å². The van der Waals surface area contributed by atoms with Gasteiger partial charge in [-0.25, -0.2) is 4.98 Å². The number of aromatic nitrogens is 1. The lowest BCUT2D eigenvalue weighted by Gasteiger charge is -2.19. The van der Waals surface area contributed by atoms with E-state index in [1.807, 2.05) is 19.2 Å². The van der Waals surface area contributed by atoms with E-state index in [0.29, 0.717) is 5.88 Å². The molecule has 0 bridgehead atoms. The van der Waals surface area contributed by atoms with Gasteiger partial charge in [0.1, 0.15) is 5.82 Å². The minimum absolute atomic E-state index is 0.520. The van der Waals surface area contributed by atoms with Crippen LogP contribution in [-0.4, -0.2) is 12.0 Å². The van der Waals surface area contributed by atoms with E-state index in [1.54, 1.807) is 12.5 Å². The first-order chi connectivity index (χ1) is 9.22. The van der Waals surface area contributed by atoms with E-state index in [9.17, 15) is 0 Å². The van der Waals surface area contributed by atoms with Crippen LogP contribution in [0, 0.1) is 0 Å². The van der Waals surface area contributed by atoms with Crippen molar-refractivity contribution in [1.29, 1.82) is 0 Å². The smallest absolute Gasteiger partial charge is 0.129 e. The van der Waals surface area contributed by atoms with E-state index in [4.69, 9.17) is 16.0 Å². The first-order valence-electron chi connectivity index (χ1n) is 6.51. The maximum atomic E-state index is 5.96. The number of halogens is 1. The molecule has 0 aliphatic heterocycles. The van der Waals surface area contributed by atoms with Crippen LogP contribution >= 0.6 is 11.6 Å². The molecule has 2 aromatic rings. The highest BCUT2D eigenvalue weighted by Gasteiger charge is 2.08. The van der Waals surface area contributed by atoms with E-state index < -0.39 is 0 Å². The van der Waals surface area contributed by atoms with Gasteiger partial charge < -0.3 is 9.32 Å². The molecule has 102 valence electrons. The van der Waals surface area contributed by atoms with Gasteiger partial charge in [0.2, 0.25) is 0 Å². The van der Waals surface area contributed by atoms with Gasteiger partial charge in [-0.2, -0.15) is 0 Å². The Bertz CT molecular complexity index is 511. The molecule has 3 nitrogen and oxygen atoms in total. The highest BCUT2D eigenvalue weighted by Crippen LogP contribution is 2.18. The molecule has 0 spiro atoms. The minimum atomic E-state index is 0.520. The summed E-state index contributed by atoms with van der Waals surface area (Å²) < 4.78 is 5.09. The predicted octanol–water partition coefficient (Wildman–Crippen LogP) is 4.00. The number of furan rings is 1. The van der Waals surface area contributed by atoms with Crippen molar-refractivity contribution in [1.82, 2.24) is 4.98 Å². The summed E-state index contributed by atoms with van der Waals surface area (Å²) in [6.07, 6.45) is 5.52. The number of hydrogen-bond acceptors (Lipinski definition) is 3. The first-order valence-corrected chi connectivity index (χ1v) is 7.04. The molecule has 0 aliphatic rings. The highest BCUT2D eigenvalue weighted by atomic mass is 35.5. The Balaban J connectivity index is 2.19. The van der Waals surface area contributed by atoms with E-state index in [0.717, 1.165) is 42.0 Å². The van der Waals surface area contributed by atoms with Gasteiger partial charge in [0, 0.05) is 30.7 Å². The second-order valence-electron chi connectivity index (χ2n) is 4.70. The lowest BCUT2D eigenvalue weighted by Crippen LogP contribution is -2.18. The van der Waals surface area contributed by atoms with E-state index in [2.05, 4.69) is 22.9 Å². The Kier molecular flexibility index (Phi) is 4.86. The van der Waals surface area contributed by atoms with Crippen molar-refractivity contribution >= 4 is 17.4 Å². The number of nitrogens with zero attached hydrogens (tertiary/aromatic N) is 2. The molecule has 2 rings (SSSR count). The number of rotatable bonds is 6. The first kappa shape index (κ1) is 13.9. The van der Waals surface area contributed by atoms with Gasteiger partial charge in [-0.15, -0.1) is 11.6 Å². The van der Waals surface area contributed by atoms with Crippen LogP contribution in [0.3, 0.4) is 0 Å². The third-order valence-corrected chi connectivity index (χ3v) is 3.28. The van der Waals surface area contributed by atoms with Crippen LogP contribution in [0.5, 0.6) is 0 Å². The SMILES string of the molecule is CCCc1cc(CCl)cc(N(C)Cc2ccoc2)n1. The van der Waals surface area contributed by atoms with E-state index in [-0.39, 0.29) is 0 Å². The summed E-state index contributed by atoms with van der Waals surface area (Å²) in [6, 6.07) is 6.10. The molecule has 0 amide bonds. The zero-order chi connectivity index (χ0) is 13.7. The van der Waals surface area contributed by atoms with Crippen LogP contribution in [0.1, 0.15) is 30.2 Å². The Morgan fingerprint density at radius 2 is 2.16 bits per heavy atom. The van der Waals surface area contributed by atoms with Gasteiger partial charge in [-0.3, -0.25) is 0 Å². The van der Waals surface area contributed by atoms with Crippen LogP contribution < -0.4 is 4.90 Å². The zero-order valence-electron chi connectivity index (χ0n) is 11.4. The van der Waals surface area contributed by atoms with Gasteiger partial charge in [0.15, 0.2) is 0 Å². The zero-order valence-corrected chi connectivity index (χ0v) is 12.2. The molecule has 2 heterocycles. The largest absolute Gasteiger partial charge is 0.472 e. The third-order valence-electron chi connectivity index (χ3n) is 2.98. The van der Waals surface area contributed by atoms with Gasteiger partial charge in [-0.05, 0) is 30.2 Å². The number of pyridine rings is 1. The molecule has 19 heavy (non-hydrogen) atoms. The van der Waals surface area contributed by atoms with Crippen LogP contribution in [0.15, 0.2) is 35.1 Å². The number of hydrogen-bond donors (Lipinski definition) is 0. The molecule has 0 radical (unpaired) electrons. The van der Waals surface area contributed by atoms with Crippen LogP contribution in [-0.2, 0) is 18.8 Å². The second-order valence-corrected chi connectivity index (χ2v) is 4.96. The van der Waals surface area contributed by atoms with Crippen molar-refractivity contribution in [2.45, 2.75) is 32.2 Å². The topological polar surface area (TPSA) is 29.3 Å². The standard InChI is InChI=1S/C15H19ClN2O/c1-3-4-14-7-13(9-16)8-15(17-14)18(2)10-12-5-6-19-11-12/h5-8,11H,3-4,9-10H2,1-2H3. The van der Waals surface area contributed by atoms with Crippen molar-refractivity contribution in [2.75, 3.05) is 11.9 Å². The fourth-order valence-corrected chi connectivity index (χ4v) is 2.18. The molecule has 0 atom stereocenters. The molecule has 0 saturated heterocycles. The van der Waals surface area contributed by atoms with Gasteiger partial charge in [-0.1, -0.05) is 13.3 Å². The molecule has 0 unspecified atom stereocenters. The lowest BCUT2D eigenvalue weighted by atomic mass is 10.1. The fourth-order valence-electron chi connectivity index (χ4n) is 2.03. The molecule has 0 aromatic carbocycles. The summed E-state index contributed by atoms with van der Waals surface area (Å²) in [7, 11) is 2.03. The second kappa shape index (κ2) is 6.62. The minimum Gasteiger partial charge on any atom is -0.472 e. The van der Waals surface area contributed by atoms with Crippen LogP contribution in [0.2, 0.25) is 0 Å². The van der Waals surface area contributed by atoms with Crippen LogP contribution in [0.4, 0.5) is 5.82 Å². The summed E-state index contributed by atoms with van der Waals surface area (Å²) in [5.74, 6) is 1.48. The molecule has 0 N–H and O–H groups in total. The molecular weight excluding hydrogens is 260 g/mol. The Hall–Kier alpha value is -1.48. The average molecular weight is 279 g/mol. The summed E-state index contributed by atoms with van der Waals surface area (Å²) >= 11 is 5.96. The normalized spacial score (nSPS) is 10.7. The molecule has 2 aromatic heterocycles. The van der Waals surface area contributed by atoms with Crippen LogP contribution in [0.25, 0.3) is 0 Å². The Morgan fingerprint density at radius 1 is 1.32 bits per heavy atom. The van der Waals surface area contributed by atoms with Crippen molar-refractivity contribution < 1.29 is 4.42 Å². The summed E-state index contributed by atoms with van der Waals surface area (Å²) in [5, 5.41) is 0. The van der Waals surface area contributed by atoms with Gasteiger partial charge in [0.25, 0.3) is 0 Å². The summed E-state index contributed by atoms with van der Waals surface area (Å²) in [6.45, 7) is 2.94. The molecule has 4 heteroatoms. The van der Waals surface area contributed by atoms with Crippen molar-refractivity contribution in [3.8, 4) is 0 Å². The van der Waals surface area contributed by atoms with E-state index >= 15 is 0 Å². The summed E-state index contributed by atoms with van der Waals surface area (Å²) in [5.41, 5.74) is 3.36. The highest BCUT2D eigenvalue weighted by molar-refractivity contribution is 6.17. The maximum absolute atomic E-state index is 5.96. The predicted molar refractivity (Wildman–Crippen MR) is 78.6 cm³/mol. The maximum Gasteiger partial charge on any atom is 0.129 e. The van der Waals surface area contributed by atoms with E-state index in [1.165, 1.54) is 0 Å².